The highest BCUT2D eigenvalue weighted by atomic mass is 19.1. The van der Waals surface area contributed by atoms with Crippen molar-refractivity contribution in [2.45, 2.75) is 57.4 Å². The second-order valence-corrected chi connectivity index (χ2v) is 8.43. The Morgan fingerprint density at radius 2 is 1.70 bits per heavy atom. The van der Waals surface area contributed by atoms with Gasteiger partial charge in [0, 0.05) is 30.2 Å². The van der Waals surface area contributed by atoms with E-state index in [9.17, 15) is 14.0 Å². The Labute approximate surface area is 159 Å². The highest BCUT2D eigenvalue weighted by molar-refractivity contribution is 5.94. The second-order valence-electron chi connectivity index (χ2n) is 8.43. The normalized spacial score (nSPS) is 24.5. The maximum atomic E-state index is 13.1. The molecule has 2 saturated carbocycles. The number of benzene rings is 1. The number of carbonyl (C=O) groups is 2. The molecule has 2 N–H and O–H groups in total. The fourth-order valence-corrected chi connectivity index (χ4v) is 5.17. The van der Waals surface area contributed by atoms with Gasteiger partial charge in [0.2, 0.25) is 5.91 Å². The Morgan fingerprint density at radius 3 is 2.37 bits per heavy atom. The molecule has 6 heteroatoms. The summed E-state index contributed by atoms with van der Waals surface area (Å²) in [6, 6.07) is 6.10. The van der Waals surface area contributed by atoms with Gasteiger partial charge in [-0.25, -0.2) is 9.18 Å². The lowest BCUT2D eigenvalue weighted by atomic mass is 9.76. The van der Waals surface area contributed by atoms with Gasteiger partial charge in [0.25, 0.3) is 0 Å². The van der Waals surface area contributed by atoms with Gasteiger partial charge < -0.3 is 15.5 Å². The van der Waals surface area contributed by atoms with Crippen molar-refractivity contribution < 1.29 is 14.0 Å². The SMILES string of the molecule is O=C(Nc1ccc(F)cc1)C1CN(C(=O)NC2CCCC2)CC12CCCC2. The third-order valence-electron chi connectivity index (χ3n) is 6.65. The Bertz CT molecular complexity index is 694. The number of urea groups is 1. The molecule has 1 atom stereocenters. The number of nitrogens with zero attached hydrogens (tertiary/aromatic N) is 1. The van der Waals surface area contributed by atoms with E-state index in [4.69, 9.17) is 0 Å². The molecule has 2 aliphatic carbocycles. The zero-order valence-electron chi connectivity index (χ0n) is 15.7. The number of likely N-dealkylation sites (tertiary alicyclic amines) is 1. The maximum absolute atomic E-state index is 13.1. The zero-order chi connectivity index (χ0) is 18.9. The molecular formula is C21H28FN3O2. The molecule has 1 aromatic carbocycles. The molecule has 3 amide bonds. The van der Waals surface area contributed by atoms with Crippen LogP contribution in [0.2, 0.25) is 0 Å². The molecule has 4 rings (SSSR count). The van der Waals surface area contributed by atoms with Crippen molar-refractivity contribution in [3.05, 3.63) is 30.1 Å². The van der Waals surface area contributed by atoms with Crippen LogP contribution in [0.15, 0.2) is 24.3 Å². The summed E-state index contributed by atoms with van der Waals surface area (Å²) in [6.45, 7) is 1.12. The van der Waals surface area contributed by atoms with Gasteiger partial charge in [0.1, 0.15) is 5.82 Å². The zero-order valence-corrected chi connectivity index (χ0v) is 15.7. The van der Waals surface area contributed by atoms with Crippen LogP contribution >= 0.6 is 0 Å². The van der Waals surface area contributed by atoms with Gasteiger partial charge in [0.15, 0.2) is 0 Å². The molecule has 1 unspecified atom stereocenters. The summed E-state index contributed by atoms with van der Waals surface area (Å²) in [4.78, 5) is 27.6. The quantitative estimate of drug-likeness (QED) is 0.844. The second kappa shape index (κ2) is 7.49. The topological polar surface area (TPSA) is 61.4 Å². The number of carbonyl (C=O) groups excluding carboxylic acids is 2. The molecular weight excluding hydrogens is 345 g/mol. The largest absolute Gasteiger partial charge is 0.335 e. The van der Waals surface area contributed by atoms with Crippen molar-refractivity contribution in [3.63, 3.8) is 0 Å². The fraction of sp³-hybridized carbons (Fsp3) is 0.619. The molecule has 1 saturated heterocycles. The van der Waals surface area contributed by atoms with Crippen molar-refractivity contribution in [2.24, 2.45) is 11.3 Å². The van der Waals surface area contributed by atoms with E-state index in [0.717, 1.165) is 38.5 Å². The first kappa shape index (κ1) is 18.3. The molecule has 1 aromatic rings. The van der Waals surface area contributed by atoms with Crippen LogP contribution in [0, 0.1) is 17.2 Å². The Balaban J connectivity index is 1.45. The molecule has 1 aliphatic heterocycles. The third-order valence-corrected chi connectivity index (χ3v) is 6.65. The molecule has 27 heavy (non-hydrogen) atoms. The predicted octanol–water partition coefficient (Wildman–Crippen LogP) is 3.91. The first-order valence-electron chi connectivity index (χ1n) is 10.2. The fourth-order valence-electron chi connectivity index (χ4n) is 5.17. The lowest BCUT2D eigenvalue weighted by molar-refractivity contribution is -0.122. The van der Waals surface area contributed by atoms with Crippen LogP contribution in [-0.2, 0) is 4.79 Å². The standard InChI is InChI=1S/C21H28FN3O2/c22-15-7-9-17(10-8-15)23-19(26)18-13-25(14-21(18)11-3-4-12-21)20(27)24-16-5-1-2-6-16/h7-10,16,18H,1-6,11-14H2,(H,23,26)(H,24,27). The van der Waals surface area contributed by atoms with E-state index < -0.39 is 0 Å². The van der Waals surface area contributed by atoms with Crippen LogP contribution in [-0.4, -0.2) is 36.0 Å². The number of hydrogen-bond donors (Lipinski definition) is 2. The molecule has 3 aliphatic rings. The highest BCUT2D eigenvalue weighted by Gasteiger charge is 2.52. The number of anilines is 1. The van der Waals surface area contributed by atoms with E-state index >= 15 is 0 Å². The summed E-state index contributed by atoms with van der Waals surface area (Å²) in [5, 5.41) is 6.09. The highest BCUT2D eigenvalue weighted by Crippen LogP contribution is 2.49. The molecule has 0 aromatic heterocycles. The number of amides is 3. The number of nitrogens with one attached hydrogen (secondary N) is 2. The summed E-state index contributed by atoms with van der Waals surface area (Å²) < 4.78 is 13.1. The average molecular weight is 373 g/mol. The molecule has 0 bridgehead atoms. The number of rotatable bonds is 3. The van der Waals surface area contributed by atoms with E-state index in [-0.39, 0.29) is 35.1 Å². The lowest BCUT2D eigenvalue weighted by Crippen LogP contribution is -2.43. The van der Waals surface area contributed by atoms with Gasteiger partial charge in [-0.3, -0.25) is 4.79 Å². The molecule has 1 heterocycles. The van der Waals surface area contributed by atoms with Crippen LogP contribution in [0.3, 0.4) is 0 Å². The molecule has 146 valence electrons. The van der Waals surface area contributed by atoms with Gasteiger partial charge in [-0.05, 0) is 49.9 Å². The van der Waals surface area contributed by atoms with E-state index in [1.165, 1.54) is 25.0 Å². The summed E-state index contributed by atoms with van der Waals surface area (Å²) >= 11 is 0. The van der Waals surface area contributed by atoms with Crippen molar-refractivity contribution in [1.29, 1.82) is 0 Å². The van der Waals surface area contributed by atoms with E-state index in [1.54, 1.807) is 12.1 Å². The van der Waals surface area contributed by atoms with Gasteiger partial charge in [-0.15, -0.1) is 0 Å². The van der Waals surface area contributed by atoms with Gasteiger partial charge in [-0.2, -0.15) is 0 Å². The van der Waals surface area contributed by atoms with Gasteiger partial charge in [-0.1, -0.05) is 25.7 Å². The van der Waals surface area contributed by atoms with Crippen molar-refractivity contribution in [1.82, 2.24) is 10.2 Å². The third kappa shape index (κ3) is 3.80. The number of hydrogen-bond acceptors (Lipinski definition) is 2. The summed E-state index contributed by atoms with van der Waals surface area (Å²) in [5.41, 5.74) is 0.486. The summed E-state index contributed by atoms with van der Waals surface area (Å²) in [7, 11) is 0. The monoisotopic (exact) mass is 373 g/mol. The van der Waals surface area contributed by atoms with Crippen molar-refractivity contribution in [2.75, 3.05) is 18.4 Å². The van der Waals surface area contributed by atoms with Crippen molar-refractivity contribution >= 4 is 17.6 Å². The van der Waals surface area contributed by atoms with E-state index in [2.05, 4.69) is 10.6 Å². The first-order valence-corrected chi connectivity index (χ1v) is 10.2. The summed E-state index contributed by atoms with van der Waals surface area (Å²) in [5.74, 6) is -0.588. The van der Waals surface area contributed by atoms with E-state index in [1.807, 2.05) is 4.90 Å². The lowest BCUT2D eigenvalue weighted by Gasteiger charge is -2.29. The van der Waals surface area contributed by atoms with Crippen LogP contribution in [0.4, 0.5) is 14.9 Å². The minimum Gasteiger partial charge on any atom is -0.335 e. The Morgan fingerprint density at radius 1 is 1.04 bits per heavy atom. The summed E-state index contributed by atoms with van der Waals surface area (Å²) in [6.07, 6.45) is 8.66. The van der Waals surface area contributed by atoms with Crippen LogP contribution in [0.5, 0.6) is 0 Å². The Kier molecular flexibility index (Phi) is 5.06. The van der Waals surface area contributed by atoms with Gasteiger partial charge in [0.05, 0.1) is 5.92 Å². The van der Waals surface area contributed by atoms with Crippen molar-refractivity contribution in [3.8, 4) is 0 Å². The van der Waals surface area contributed by atoms with Crippen LogP contribution < -0.4 is 10.6 Å². The molecule has 0 radical (unpaired) electrons. The predicted molar refractivity (Wildman–Crippen MR) is 102 cm³/mol. The minimum atomic E-state index is -0.323. The van der Waals surface area contributed by atoms with E-state index in [0.29, 0.717) is 18.8 Å². The average Bonchev–Trinajstić information content (AvgIpc) is 3.39. The molecule has 5 nitrogen and oxygen atoms in total. The molecule has 1 spiro atoms. The van der Waals surface area contributed by atoms with Gasteiger partial charge >= 0.3 is 6.03 Å². The first-order chi connectivity index (χ1) is 13.1. The van der Waals surface area contributed by atoms with Crippen LogP contribution in [0.1, 0.15) is 51.4 Å². The smallest absolute Gasteiger partial charge is 0.317 e. The molecule has 3 fully saturated rings. The van der Waals surface area contributed by atoms with Crippen LogP contribution in [0.25, 0.3) is 0 Å². The number of halogens is 1. The minimum absolute atomic E-state index is 0.0229. The Hall–Kier alpha value is -2.11. The maximum Gasteiger partial charge on any atom is 0.317 e.